The Balaban J connectivity index is 1.71. The number of carboxylic acid groups (broad SMARTS) is 1. The summed E-state index contributed by atoms with van der Waals surface area (Å²) in [5.41, 5.74) is 2.56. The molecule has 1 unspecified atom stereocenters. The van der Waals surface area contributed by atoms with Gasteiger partial charge in [-0.15, -0.1) is 0 Å². The average Bonchev–Trinajstić information content (AvgIpc) is 2.99. The molecule has 3 rings (SSSR count). The van der Waals surface area contributed by atoms with E-state index in [1.165, 1.54) is 17.7 Å². The number of carbonyl (C=O) groups excluding carboxylic acids is 1. The topological polar surface area (TPSA) is 69.6 Å². The van der Waals surface area contributed by atoms with Gasteiger partial charge in [0, 0.05) is 12.2 Å². The van der Waals surface area contributed by atoms with E-state index >= 15 is 0 Å². The van der Waals surface area contributed by atoms with Crippen molar-refractivity contribution in [3.8, 4) is 0 Å². The quantitative estimate of drug-likeness (QED) is 0.812. The van der Waals surface area contributed by atoms with E-state index < -0.39 is 17.8 Å². The third-order valence-electron chi connectivity index (χ3n) is 4.38. The standard InChI is InChI=1S/C19H18ClFN2O3/c20-14-6-5-13(9-15(14)21)16(10-19(25)26)22-18(24)11-23-8-7-12-3-1-2-4-17(12)23/h1-6,9,16H,7-8,10-11H2,(H,22,24)(H,25,26). The first-order chi connectivity index (χ1) is 12.4. The lowest BCUT2D eigenvalue weighted by molar-refractivity contribution is -0.137. The SMILES string of the molecule is O=C(O)CC(NC(=O)CN1CCc2ccccc21)c1ccc(Cl)c(F)c1. The molecule has 1 atom stereocenters. The van der Waals surface area contributed by atoms with Crippen LogP contribution in [0.4, 0.5) is 10.1 Å². The van der Waals surface area contributed by atoms with Gasteiger partial charge in [-0.1, -0.05) is 35.9 Å². The zero-order valence-electron chi connectivity index (χ0n) is 13.9. The second-order valence-corrected chi connectivity index (χ2v) is 6.60. The van der Waals surface area contributed by atoms with E-state index in [0.717, 1.165) is 24.7 Å². The van der Waals surface area contributed by atoms with Gasteiger partial charge in [0.25, 0.3) is 0 Å². The molecule has 1 aliphatic rings. The molecule has 1 aliphatic heterocycles. The van der Waals surface area contributed by atoms with Crippen molar-refractivity contribution in [1.82, 2.24) is 5.32 Å². The van der Waals surface area contributed by atoms with Crippen molar-refractivity contribution >= 4 is 29.2 Å². The van der Waals surface area contributed by atoms with Crippen LogP contribution in [0.5, 0.6) is 0 Å². The molecule has 1 heterocycles. The molecule has 0 saturated carbocycles. The Morgan fingerprint density at radius 1 is 1.27 bits per heavy atom. The first-order valence-corrected chi connectivity index (χ1v) is 8.61. The second kappa shape index (κ2) is 7.74. The maximum Gasteiger partial charge on any atom is 0.305 e. The minimum Gasteiger partial charge on any atom is -0.481 e. The molecular formula is C19H18ClFN2O3. The molecule has 26 heavy (non-hydrogen) atoms. The van der Waals surface area contributed by atoms with Gasteiger partial charge in [-0.05, 0) is 35.7 Å². The average molecular weight is 377 g/mol. The summed E-state index contributed by atoms with van der Waals surface area (Å²) >= 11 is 5.67. The van der Waals surface area contributed by atoms with E-state index in [1.807, 2.05) is 29.2 Å². The molecule has 0 aliphatic carbocycles. The lowest BCUT2D eigenvalue weighted by Crippen LogP contribution is -2.39. The number of para-hydroxylation sites is 1. The molecule has 2 N–H and O–H groups in total. The molecule has 1 amide bonds. The van der Waals surface area contributed by atoms with Crippen LogP contribution in [0, 0.1) is 5.82 Å². The van der Waals surface area contributed by atoms with Crippen LogP contribution in [0.25, 0.3) is 0 Å². The molecule has 0 spiro atoms. The molecule has 0 saturated heterocycles. The summed E-state index contributed by atoms with van der Waals surface area (Å²) in [6.45, 7) is 0.842. The van der Waals surface area contributed by atoms with Crippen molar-refractivity contribution in [2.45, 2.75) is 18.9 Å². The molecule has 0 bridgehead atoms. The third-order valence-corrected chi connectivity index (χ3v) is 4.68. The van der Waals surface area contributed by atoms with E-state index in [9.17, 15) is 14.0 Å². The third kappa shape index (κ3) is 4.14. The van der Waals surface area contributed by atoms with Crippen molar-refractivity contribution in [3.05, 3.63) is 64.4 Å². The monoisotopic (exact) mass is 376 g/mol. The van der Waals surface area contributed by atoms with Crippen LogP contribution in [-0.4, -0.2) is 30.1 Å². The van der Waals surface area contributed by atoms with Crippen molar-refractivity contribution in [1.29, 1.82) is 0 Å². The Bertz CT molecular complexity index is 843. The van der Waals surface area contributed by atoms with Crippen molar-refractivity contribution in [2.75, 3.05) is 18.0 Å². The number of hydrogen-bond acceptors (Lipinski definition) is 3. The number of carbonyl (C=O) groups is 2. The van der Waals surface area contributed by atoms with E-state index in [-0.39, 0.29) is 23.9 Å². The van der Waals surface area contributed by atoms with Crippen LogP contribution in [0.15, 0.2) is 42.5 Å². The largest absolute Gasteiger partial charge is 0.481 e. The van der Waals surface area contributed by atoms with E-state index in [1.54, 1.807) is 0 Å². The highest BCUT2D eigenvalue weighted by Crippen LogP contribution is 2.27. The maximum absolute atomic E-state index is 13.7. The lowest BCUT2D eigenvalue weighted by Gasteiger charge is -2.22. The van der Waals surface area contributed by atoms with E-state index in [4.69, 9.17) is 16.7 Å². The minimum atomic E-state index is -1.09. The van der Waals surface area contributed by atoms with Gasteiger partial charge < -0.3 is 15.3 Å². The zero-order valence-corrected chi connectivity index (χ0v) is 14.7. The maximum atomic E-state index is 13.7. The van der Waals surface area contributed by atoms with Crippen LogP contribution < -0.4 is 10.2 Å². The fourth-order valence-corrected chi connectivity index (χ4v) is 3.26. The fraction of sp³-hybridized carbons (Fsp3) is 0.263. The molecule has 0 radical (unpaired) electrons. The minimum absolute atomic E-state index is 0.0529. The van der Waals surface area contributed by atoms with Crippen LogP contribution >= 0.6 is 11.6 Å². The Morgan fingerprint density at radius 3 is 2.77 bits per heavy atom. The van der Waals surface area contributed by atoms with Gasteiger partial charge >= 0.3 is 5.97 Å². The number of amides is 1. The highest BCUT2D eigenvalue weighted by Gasteiger charge is 2.23. The number of anilines is 1. The van der Waals surface area contributed by atoms with E-state index in [0.29, 0.717) is 5.56 Å². The highest BCUT2D eigenvalue weighted by atomic mass is 35.5. The summed E-state index contributed by atoms with van der Waals surface area (Å²) in [7, 11) is 0. The fourth-order valence-electron chi connectivity index (χ4n) is 3.14. The lowest BCUT2D eigenvalue weighted by atomic mass is 10.0. The van der Waals surface area contributed by atoms with Crippen molar-refractivity contribution in [3.63, 3.8) is 0 Å². The molecular weight excluding hydrogens is 359 g/mol. The summed E-state index contributed by atoms with van der Waals surface area (Å²) in [6.07, 6.45) is 0.522. The van der Waals surface area contributed by atoms with Gasteiger partial charge in [-0.25, -0.2) is 4.39 Å². The Kier molecular flexibility index (Phi) is 5.42. The van der Waals surface area contributed by atoms with Gasteiger partial charge in [0.1, 0.15) is 5.82 Å². The summed E-state index contributed by atoms with van der Waals surface area (Å²) < 4.78 is 13.7. The zero-order chi connectivity index (χ0) is 18.7. The van der Waals surface area contributed by atoms with Gasteiger partial charge in [0.2, 0.25) is 5.91 Å². The molecule has 2 aromatic carbocycles. The molecule has 0 fully saturated rings. The molecule has 0 aromatic heterocycles. The number of carboxylic acids is 1. The number of aliphatic carboxylic acids is 1. The Morgan fingerprint density at radius 2 is 2.04 bits per heavy atom. The first-order valence-electron chi connectivity index (χ1n) is 8.23. The highest BCUT2D eigenvalue weighted by molar-refractivity contribution is 6.30. The number of halogens is 2. The van der Waals surface area contributed by atoms with Gasteiger partial charge in [-0.3, -0.25) is 9.59 Å². The number of benzene rings is 2. The van der Waals surface area contributed by atoms with Crippen molar-refractivity contribution in [2.24, 2.45) is 0 Å². The number of fused-ring (bicyclic) bond motifs is 1. The first kappa shape index (κ1) is 18.2. The van der Waals surface area contributed by atoms with E-state index in [2.05, 4.69) is 5.32 Å². The molecule has 7 heteroatoms. The molecule has 5 nitrogen and oxygen atoms in total. The van der Waals surface area contributed by atoms with Crippen LogP contribution in [-0.2, 0) is 16.0 Å². The van der Waals surface area contributed by atoms with Crippen LogP contribution in [0.2, 0.25) is 5.02 Å². The second-order valence-electron chi connectivity index (χ2n) is 6.19. The summed E-state index contributed by atoms with van der Waals surface area (Å²) in [5, 5.41) is 11.8. The Hall–Kier alpha value is -2.60. The number of nitrogens with zero attached hydrogens (tertiary/aromatic N) is 1. The normalized spacial score (nSPS) is 14.0. The summed E-state index contributed by atoms with van der Waals surface area (Å²) in [5.74, 6) is -2.05. The molecule has 136 valence electrons. The van der Waals surface area contributed by atoms with Crippen LogP contribution in [0.1, 0.15) is 23.6 Å². The van der Waals surface area contributed by atoms with Gasteiger partial charge in [-0.2, -0.15) is 0 Å². The van der Waals surface area contributed by atoms with Crippen molar-refractivity contribution < 1.29 is 19.1 Å². The Labute approximate surface area is 155 Å². The number of hydrogen-bond donors (Lipinski definition) is 2. The number of nitrogens with one attached hydrogen (secondary N) is 1. The van der Waals surface area contributed by atoms with Gasteiger partial charge in [0.15, 0.2) is 0 Å². The number of rotatable bonds is 6. The smallest absolute Gasteiger partial charge is 0.305 e. The predicted octanol–water partition coefficient (Wildman–Crippen LogP) is 3.17. The molecule has 2 aromatic rings. The van der Waals surface area contributed by atoms with Crippen LogP contribution in [0.3, 0.4) is 0 Å². The summed E-state index contributed by atoms with van der Waals surface area (Å²) in [4.78, 5) is 25.6. The summed E-state index contributed by atoms with van der Waals surface area (Å²) in [6, 6.07) is 11.1. The van der Waals surface area contributed by atoms with Gasteiger partial charge in [0.05, 0.1) is 24.0 Å². The predicted molar refractivity (Wildman–Crippen MR) is 96.9 cm³/mol.